The van der Waals surface area contributed by atoms with E-state index in [2.05, 4.69) is 0 Å². The van der Waals surface area contributed by atoms with Crippen molar-refractivity contribution in [1.29, 1.82) is 5.26 Å². The summed E-state index contributed by atoms with van der Waals surface area (Å²) in [5.74, 6) is -0.265. The molecule has 1 atom stereocenters. The molecule has 0 aliphatic rings. The zero-order valence-corrected chi connectivity index (χ0v) is 12.7. The van der Waals surface area contributed by atoms with Gasteiger partial charge in [-0.15, -0.1) is 11.8 Å². The molecule has 0 aliphatic heterocycles. The van der Waals surface area contributed by atoms with Crippen LogP contribution in [0.4, 0.5) is 5.69 Å². The number of carbonyl (C=O) groups excluding carboxylic acids is 1. The van der Waals surface area contributed by atoms with Crippen LogP contribution in [-0.2, 0) is 9.53 Å². The summed E-state index contributed by atoms with van der Waals surface area (Å²) in [7, 11) is 0. The third-order valence-corrected chi connectivity index (χ3v) is 3.91. The van der Waals surface area contributed by atoms with Crippen molar-refractivity contribution in [2.24, 2.45) is 0 Å². The minimum absolute atomic E-state index is 0.0287. The number of nitro groups is 1. The Bertz CT molecular complexity index is 569. The smallest absolute Gasteiger partial charge is 0.305 e. The van der Waals surface area contributed by atoms with E-state index in [1.54, 1.807) is 19.1 Å². The molecule has 1 aromatic rings. The largest absolute Gasteiger partial charge is 0.466 e. The molecular formula is C14H16N2O4S. The van der Waals surface area contributed by atoms with E-state index in [9.17, 15) is 14.9 Å². The van der Waals surface area contributed by atoms with Gasteiger partial charge in [-0.1, -0.05) is 6.92 Å². The number of nitriles is 1. The number of rotatable bonds is 7. The molecule has 0 spiro atoms. The number of hydrogen-bond acceptors (Lipinski definition) is 6. The van der Waals surface area contributed by atoms with Crippen molar-refractivity contribution < 1.29 is 14.5 Å². The highest BCUT2D eigenvalue weighted by Gasteiger charge is 2.18. The van der Waals surface area contributed by atoms with Gasteiger partial charge in [0.15, 0.2) is 0 Å². The van der Waals surface area contributed by atoms with Crippen LogP contribution in [0.3, 0.4) is 0 Å². The molecular weight excluding hydrogens is 292 g/mol. The molecule has 1 aromatic carbocycles. The number of benzene rings is 1. The molecule has 0 unspecified atom stereocenters. The first kappa shape index (κ1) is 17.0. The van der Waals surface area contributed by atoms with Crippen molar-refractivity contribution in [2.75, 3.05) is 6.61 Å². The fourth-order valence-corrected chi connectivity index (χ4v) is 2.73. The number of esters is 1. The standard InChI is InChI=1S/C14H16N2O4S/c1-3-20-14(17)7-4-10(2)21-13-6-5-11(9-15)8-12(13)16(18)19/h5-6,8,10H,3-4,7H2,1-2H3/t10-/m0/s1. The van der Waals surface area contributed by atoms with E-state index in [-0.39, 0.29) is 28.9 Å². The quantitative estimate of drug-likeness (QED) is 0.332. The van der Waals surface area contributed by atoms with Gasteiger partial charge < -0.3 is 4.74 Å². The molecule has 0 fully saturated rings. The van der Waals surface area contributed by atoms with Crippen LogP contribution in [0.5, 0.6) is 0 Å². The van der Waals surface area contributed by atoms with Gasteiger partial charge in [0.2, 0.25) is 0 Å². The molecule has 0 aliphatic carbocycles. The summed E-state index contributed by atoms with van der Waals surface area (Å²) in [4.78, 5) is 22.3. The maximum Gasteiger partial charge on any atom is 0.305 e. The van der Waals surface area contributed by atoms with Crippen LogP contribution >= 0.6 is 11.8 Å². The monoisotopic (exact) mass is 308 g/mol. The highest BCUT2D eigenvalue weighted by Crippen LogP contribution is 2.34. The van der Waals surface area contributed by atoms with Gasteiger partial charge in [-0.3, -0.25) is 14.9 Å². The predicted molar refractivity (Wildman–Crippen MR) is 79.0 cm³/mol. The Morgan fingerprint density at radius 1 is 1.57 bits per heavy atom. The molecule has 1 rings (SSSR count). The Kier molecular flexibility index (Phi) is 6.69. The molecule has 0 radical (unpaired) electrons. The lowest BCUT2D eigenvalue weighted by Gasteiger charge is -2.11. The van der Waals surface area contributed by atoms with Crippen LogP contribution in [-0.4, -0.2) is 22.7 Å². The van der Waals surface area contributed by atoms with Crippen molar-refractivity contribution in [3.8, 4) is 6.07 Å². The van der Waals surface area contributed by atoms with Crippen molar-refractivity contribution in [2.45, 2.75) is 36.8 Å². The normalized spacial score (nSPS) is 11.5. The van der Waals surface area contributed by atoms with E-state index >= 15 is 0 Å². The van der Waals surface area contributed by atoms with Gasteiger partial charge in [-0.2, -0.15) is 5.26 Å². The van der Waals surface area contributed by atoms with Crippen molar-refractivity contribution in [1.82, 2.24) is 0 Å². The second-order valence-electron chi connectivity index (χ2n) is 4.32. The predicted octanol–water partition coefficient (Wildman–Crippen LogP) is 3.29. The third kappa shape index (κ3) is 5.44. The van der Waals surface area contributed by atoms with Crippen LogP contribution in [0.15, 0.2) is 23.1 Å². The first-order valence-electron chi connectivity index (χ1n) is 6.48. The molecule has 0 N–H and O–H groups in total. The highest BCUT2D eigenvalue weighted by molar-refractivity contribution is 8.00. The molecule has 0 saturated heterocycles. The van der Waals surface area contributed by atoms with Gasteiger partial charge >= 0.3 is 5.97 Å². The number of nitro benzene ring substituents is 1. The summed E-state index contributed by atoms with van der Waals surface area (Å²) in [6.07, 6.45) is 0.854. The third-order valence-electron chi connectivity index (χ3n) is 2.67. The Labute approximate surface area is 127 Å². The van der Waals surface area contributed by atoms with Crippen LogP contribution in [0.1, 0.15) is 32.3 Å². The molecule has 21 heavy (non-hydrogen) atoms. The lowest BCUT2D eigenvalue weighted by Crippen LogP contribution is -2.07. The first-order valence-corrected chi connectivity index (χ1v) is 7.36. The molecule has 0 saturated carbocycles. The topological polar surface area (TPSA) is 93.2 Å². The van der Waals surface area contributed by atoms with E-state index in [1.807, 2.05) is 13.0 Å². The highest BCUT2D eigenvalue weighted by atomic mass is 32.2. The van der Waals surface area contributed by atoms with Crippen LogP contribution in [0.2, 0.25) is 0 Å². The van der Waals surface area contributed by atoms with Crippen molar-refractivity contribution in [3.05, 3.63) is 33.9 Å². The summed E-state index contributed by atoms with van der Waals surface area (Å²) in [6.45, 7) is 3.99. The van der Waals surface area contributed by atoms with E-state index in [0.29, 0.717) is 17.9 Å². The van der Waals surface area contributed by atoms with Crippen molar-refractivity contribution >= 4 is 23.4 Å². The summed E-state index contributed by atoms with van der Waals surface area (Å²) >= 11 is 1.32. The number of carbonyl (C=O) groups is 1. The van der Waals surface area contributed by atoms with Crippen LogP contribution in [0, 0.1) is 21.4 Å². The Morgan fingerprint density at radius 3 is 2.86 bits per heavy atom. The zero-order valence-electron chi connectivity index (χ0n) is 11.9. The Morgan fingerprint density at radius 2 is 2.29 bits per heavy atom. The number of ether oxygens (including phenoxy) is 1. The van der Waals surface area contributed by atoms with Gasteiger partial charge in [0, 0.05) is 17.7 Å². The van der Waals surface area contributed by atoms with E-state index in [0.717, 1.165) is 0 Å². The van der Waals surface area contributed by atoms with E-state index in [4.69, 9.17) is 10.00 Å². The number of thioether (sulfide) groups is 1. The number of hydrogen-bond donors (Lipinski definition) is 0. The lowest BCUT2D eigenvalue weighted by atomic mass is 10.2. The first-order chi connectivity index (χ1) is 9.97. The second kappa shape index (κ2) is 8.27. The molecule has 6 nitrogen and oxygen atoms in total. The van der Waals surface area contributed by atoms with Crippen LogP contribution in [0.25, 0.3) is 0 Å². The van der Waals surface area contributed by atoms with Gasteiger partial charge in [0.1, 0.15) is 0 Å². The summed E-state index contributed by atoms with van der Waals surface area (Å²) < 4.78 is 4.84. The molecule has 0 aromatic heterocycles. The average molecular weight is 308 g/mol. The molecule has 112 valence electrons. The fraction of sp³-hybridized carbons (Fsp3) is 0.429. The molecule has 0 bridgehead atoms. The SMILES string of the molecule is CCOC(=O)CC[C@H](C)Sc1ccc(C#N)cc1[N+](=O)[O-]. The minimum atomic E-state index is -0.499. The Balaban J connectivity index is 2.72. The maximum atomic E-state index is 11.3. The molecule has 0 amide bonds. The number of nitrogens with zero attached hydrogens (tertiary/aromatic N) is 2. The minimum Gasteiger partial charge on any atom is -0.466 e. The fourth-order valence-electron chi connectivity index (χ4n) is 1.66. The molecule has 0 heterocycles. The van der Waals surface area contributed by atoms with E-state index in [1.165, 1.54) is 17.8 Å². The van der Waals surface area contributed by atoms with Gasteiger partial charge in [0.25, 0.3) is 5.69 Å². The second-order valence-corrected chi connectivity index (χ2v) is 5.80. The lowest BCUT2D eigenvalue weighted by molar-refractivity contribution is -0.387. The van der Waals surface area contributed by atoms with Crippen LogP contribution < -0.4 is 0 Å². The molecule has 7 heteroatoms. The summed E-state index contributed by atoms with van der Waals surface area (Å²) in [6, 6.07) is 6.27. The summed E-state index contributed by atoms with van der Waals surface area (Å²) in [5, 5.41) is 19.8. The zero-order chi connectivity index (χ0) is 15.8. The summed E-state index contributed by atoms with van der Waals surface area (Å²) in [5.41, 5.74) is 0.173. The van der Waals surface area contributed by atoms with Gasteiger partial charge in [-0.25, -0.2) is 0 Å². The average Bonchev–Trinajstić information content (AvgIpc) is 2.45. The Hall–Kier alpha value is -2.07. The van der Waals surface area contributed by atoms with Gasteiger partial charge in [0.05, 0.1) is 28.1 Å². The maximum absolute atomic E-state index is 11.3. The van der Waals surface area contributed by atoms with Crippen molar-refractivity contribution in [3.63, 3.8) is 0 Å². The van der Waals surface area contributed by atoms with Gasteiger partial charge in [-0.05, 0) is 25.5 Å². The van der Waals surface area contributed by atoms with E-state index < -0.39 is 4.92 Å².